The van der Waals surface area contributed by atoms with Crippen molar-refractivity contribution in [1.82, 2.24) is 4.98 Å². The lowest BCUT2D eigenvalue weighted by Gasteiger charge is -2.07. The molecular formula is C13H16N2O2S. The van der Waals surface area contributed by atoms with E-state index in [9.17, 15) is 0 Å². The van der Waals surface area contributed by atoms with E-state index in [2.05, 4.69) is 10.3 Å². The number of rotatable bonds is 7. The molecule has 0 aliphatic rings. The van der Waals surface area contributed by atoms with Crippen LogP contribution in [0.5, 0.6) is 5.75 Å². The van der Waals surface area contributed by atoms with Crippen LogP contribution in [0.3, 0.4) is 0 Å². The van der Waals surface area contributed by atoms with Gasteiger partial charge in [-0.3, -0.25) is 4.98 Å². The molecule has 5 heteroatoms. The maximum atomic E-state index is 5.49. The van der Waals surface area contributed by atoms with Crippen LogP contribution in [0.25, 0.3) is 0 Å². The zero-order valence-electron chi connectivity index (χ0n) is 10.3. The van der Waals surface area contributed by atoms with Gasteiger partial charge in [-0.05, 0) is 24.3 Å². The molecule has 1 aromatic carbocycles. The summed E-state index contributed by atoms with van der Waals surface area (Å²) >= 11 is 1.65. The van der Waals surface area contributed by atoms with Gasteiger partial charge in [-0.25, -0.2) is 0 Å². The Hall–Kier alpha value is -1.59. The molecule has 2 aromatic rings. The van der Waals surface area contributed by atoms with Gasteiger partial charge in [0.15, 0.2) is 0 Å². The highest BCUT2D eigenvalue weighted by molar-refractivity contribution is 7.09. The van der Waals surface area contributed by atoms with Crippen molar-refractivity contribution < 1.29 is 9.47 Å². The molecule has 0 radical (unpaired) electrons. The van der Waals surface area contributed by atoms with Crippen molar-refractivity contribution in [2.45, 2.75) is 6.54 Å². The normalized spacial score (nSPS) is 10.3. The van der Waals surface area contributed by atoms with Crippen LogP contribution in [0, 0.1) is 0 Å². The topological polar surface area (TPSA) is 43.4 Å². The lowest BCUT2D eigenvalue weighted by molar-refractivity contribution is 0.146. The van der Waals surface area contributed by atoms with Crippen molar-refractivity contribution in [3.8, 4) is 5.75 Å². The van der Waals surface area contributed by atoms with Crippen LogP contribution >= 0.6 is 11.3 Å². The Bertz CT molecular complexity index is 443. The third kappa shape index (κ3) is 4.01. The highest BCUT2D eigenvalue weighted by atomic mass is 32.1. The summed E-state index contributed by atoms with van der Waals surface area (Å²) in [7, 11) is 1.66. The first-order chi connectivity index (χ1) is 8.88. The summed E-state index contributed by atoms with van der Waals surface area (Å²) in [5.41, 5.74) is 2.91. The molecule has 0 bridgehead atoms. The van der Waals surface area contributed by atoms with Crippen LogP contribution < -0.4 is 10.1 Å². The smallest absolute Gasteiger partial charge is 0.119 e. The van der Waals surface area contributed by atoms with Crippen LogP contribution in [-0.4, -0.2) is 25.3 Å². The summed E-state index contributed by atoms with van der Waals surface area (Å²) in [6.45, 7) is 1.98. The van der Waals surface area contributed by atoms with E-state index in [0.29, 0.717) is 13.2 Å². The number of anilines is 1. The maximum absolute atomic E-state index is 5.49. The van der Waals surface area contributed by atoms with Crippen molar-refractivity contribution in [2.24, 2.45) is 0 Å². The Morgan fingerprint density at radius 1 is 1.22 bits per heavy atom. The fraction of sp³-hybridized carbons (Fsp3) is 0.308. The third-order valence-electron chi connectivity index (χ3n) is 2.36. The second-order valence-electron chi connectivity index (χ2n) is 3.69. The average molecular weight is 264 g/mol. The van der Waals surface area contributed by atoms with Crippen molar-refractivity contribution in [1.29, 1.82) is 0 Å². The first kappa shape index (κ1) is 12.9. The van der Waals surface area contributed by atoms with E-state index in [1.54, 1.807) is 18.4 Å². The fourth-order valence-electron chi connectivity index (χ4n) is 1.43. The molecule has 0 atom stereocenters. The summed E-state index contributed by atoms with van der Waals surface area (Å²) in [6, 6.07) is 7.90. The van der Waals surface area contributed by atoms with Gasteiger partial charge in [0.05, 0.1) is 18.7 Å². The van der Waals surface area contributed by atoms with Crippen LogP contribution in [0.2, 0.25) is 0 Å². The molecule has 1 aromatic heterocycles. The van der Waals surface area contributed by atoms with Gasteiger partial charge in [-0.2, -0.15) is 0 Å². The van der Waals surface area contributed by atoms with Gasteiger partial charge in [0.25, 0.3) is 0 Å². The number of ether oxygens (including phenoxy) is 2. The van der Waals surface area contributed by atoms with Crippen molar-refractivity contribution in [3.63, 3.8) is 0 Å². The molecular weight excluding hydrogens is 248 g/mol. The minimum Gasteiger partial charge on any atom is -0.491 e. The molecule has 0 saturated carbocycles. The molecule has 0 unspecified atom stereocenters. The highest BCUT2D eigenvalue weighted by Gasteiger charge is 1.97. The number of thiazole rings is 1. The Balaban J connectivity index is 1.80. The van der Waals surface area contributed by atoms with Crippen LogP contribution in [0.1, 0.15) is 4.88 Å². The van der Waals surface area contributed by atoms with E-state index < -0.39 is 0 Å². The Morgan fingerprint density at radius 3 is 2.72 bits per heavy atom. The van der Waals surface area contributed by atoms with Gasteiger partial charge in [-0.15, -0.1) is 11.3 Å². The minimum atomic E-state index is 0.574. The molecule has 18 heavy (non-hydrogen) atoms. The van der Waals surface area contributed by atoms with Gasteiger partial charge in [-0.1, -0.05) is 0 Å². The van der Waals surface area contributed by atoms with Gasteiger partial charge >= 0.3 is 0 Å². The maximum Gasteiger partial charge on any atom is 0.119 e. The molecule has 2 rings (SSSR count). The summed E-state index contributed by atoms with van der Waals surface area (Å²) < 4.78 is 10.4. The van der Waals surface area contributed by atoms with Crippen molar-refractivity contribution in [2.75, 3.05) is 25.6 Å². The first-order valence-electron chi connectivity index (χ1n) is 5.71. The lowest BCUT2D eigenvalue weighted by Crippen LogP contribution is -2.04. The molecule has 4 nitrogen and oxygen atoms in total. The molecule has 1 N–H and O–H groups in total. The lowest BCUT2D eigenvalue weighted by atomic mass is 10.3. The van der Waals surface area contributed by atoms with E-state index in [4.69, 9.17) is 9.47 Å². The molecule has 0 saturated heterocycles. The number of hydrogen-bond donors (Lipinski definition) is 1. The Labute approximate surface area is 111 Å². The van der Waals surface area contributed by atoms with E-state index >= 15 is 0 Å². The van der Waals surface area contributed by atoms with E-state index in [-0.39, 0.29) is 0 Å². The number of nitrogens with one attached hydrogen (secondary N) is 1. The second-order valence-corrected chi connectivity index (χ2v) is 4.66. The molecule has 0 amide bonds. The number of hydrogen-bond acceptors (Lipinski definition) is 5. The summed E-state index contributed by atoms with van der Waals surface area (Å²) in [5, 5.41) is 3.33. The zero-order chi connectivity index (χ0) is 12.6. The highest BCUT2D eigenvalue weighted by Crippen LogP contribution is 2.17. The van der Waals surface area contributed by atoms with Crippen molar-refractivity contribution in [3.05, 3.63) is 40.8 Å². The van der Waals surface area contributed by atoms with Crippen LogP contribution in [0.15, 0.2) is 36.0 Å². The average Bonchev–Trinajstić information content (AvgIpc) is 2.91. The number of aromatic nitrogens is 1. The standard InChI is InChI=1S/C13H16N2O2S/c1-16-6-7-17-12-4-2-11(3-5-12)15-9-13-8-14-10-18-13/h2-5,8,10,15H,6-7,9H2,1H3. The van der Waals surface area contributed by atoms with Gasteiger partial charge < -0.3 is 14.8 Å². The number of methoxy groups -OCH3 is 1. The first-order valence-corrected chi connectivity index (χ1v) is 6.59. The SMILES string of the molecule is COCCOc1ccc(NCc2cncs2)cc1. The molecule has 0 aliphatic carbocycles. The fourth-order valence-corrected chi connectivity index (χ4v) is 1.96. The van der Waals surface area contributed by atoms with Gasteiger partial charge in [0, 0.05) is 23.9 Å². The molecule has 0 aliphatic heterocycles. The Kier molecular flexibility index (Phi) is 4.99. The van der Waals surface area contributed by atoms with Gasteiger partial charge in [0.2, 0.25) is 0 Å². The Morgan fingerprint density at radius 2 is 2.06 bits per heavy atom. The largest absolute Gasteiger partial charge is 0.491 e. The van der Waals surface area contributed by atoms with E-state index in [0.717, 1.165) is 18.0 Å². The number of benzene rings is 1. The van der Waals surface area contributed by atoms with Crippen molar-refractivity contribution >= 4 is 17.0 Å². The minimum absolute atomic E-state index is 0.574. The summed E-state index contributed by atoms with van der Waals surface area (Å²) in [5.74, 6) is 0.857. The summed E-state index contributed by atoms with van der Waals surface area (Å²) in [6.07, 6.45) is 1.87. The second kappa shape index (κ2) is 6.98. The molecule has 0 spiro atoms. The van der Waals surface area contributed by atoms with E-state index in [1.165, 1.54) is 4.88 Å². The molecule has 1 heterocycles. The van der Waals surface area contributed by atoms with E-state index in [1.807, 2.05) is 36.0 Å². The molecule has 96 valence electrons. The number of nitrogens with zero attached hydrogens (tertiary/aromatic N) is 1. The third-order valence-corrected chi connectivity index (χ3v) is 3.14. The van der Waals surface area contributed by atoms with Gasteiger partial charge in [0.1, 0.15) is 12.4 Å². The predicted octanol–water partition coefficient (Wildman–Crippen LogP) is 2.78. The van der Waals surface area contributed by atoms with Crippen LogP contribution in [0.4, 0.5) is 5.69 Å². The predicted molar refractivity (Wildman–Crippen MR) is 73.3 cm³/mol. The van der Waals surface area contributed by atoms with Crippen LogP contribution in [-0.2, 0) is 11.3 Å². The summed E-state index contributed by atoms with van der Waals surface area (Å²) in [4.78, 5) is 5.26. The molecule has 0 fully saturated rings. The quantitative estimate of drug-likeness (QED) is 0.781. The monoisotopic (exact) mass is 264 g/mol. The zero-order valence-corrected chi connectivity index (χ0v) is 11.1.